The molecular weight excluding hydrogens is 415 g/mol. The molecule has 30 heavy (non-hydrogen) atoms. The van der Waals surface area contributed by atoms with Crippen molar-refractivity contribution in [1.82, 2.24) is 10.6 Å². The maximum absolute atomic E-state index is 13.8. The summed E-state index contributed by atoms with van der Waals surface area (Å²) in [5.41, 5.74) is 0.180. The SMILES string of the molecule is CC(C)C[C@H](N[C@@H](c1ccc(C(=O)c2cccs2)cc1)C(F)(F)F)C(=O)NCC#N. The van der Waals surface area contributed by atoms with Crippen LogP contribution in [0, 0.1) is 17.2 Å². The summed E-state index contributed by atoms with van der Waals surface area (Å²) in [6.07, 6.45) is -4.50. The quantitative estimate of drug-likeness (QED) is 0.454. The van der Waals surface area contributed by atoms with Crippen LogP contribution >= 0.6 is 11.3 Å². The van der Waals surface area contributed by atoms with Crippen LogP contribution in [-0.2, 0) is 4.79 Å². The highest BCUT2D eigenvalue weighted by Crippen LogP contribution is 2.34. The highest BCUT2D eigenvalue weighted by molar-refractivity contribution is 7.12. The summed E-state index contributed by atoms with van der Waals surface area (Å²) in [5, 5.41) is 15.1. The second-order valence-electron chi connectivity index (χ2n) is 7.13. The van der Waals surface area contributed by atoms with Gasteiger partial charge in [0.25, 0.3) is 0 Å². The van der Waals surface area contributed by atoms with Gasteiger partial charge in [-0.05, 0) is 29.3 Å². The van der Waals surface area contributed by atoms with Gasteiger partial charge >= 0.3 is 6.18 Å². The minimum absolute atomic E-state index is 0.0463. The van der Waals surface area contributed by atoms with Crippen molar-refractivity contribution in [2.45, 2.75) is 38.5 Å². The molecule has 2 N–H and O–H groups in total. The molecule has 0 saturated carbocycles. The molecule has 1 aromatic carbocycles. The van der Waals surface area contributed by atoms with E-state index in [2.05, 4.69) is 10.6 Å². The first-order valence-corrected chi connectivity index (χ1v) is 10.2. The number of nitriles is 1. The van der Waals surface area contributed by atoms with E-state index in [0.29, 0.717) is 4.88 Å². The molecule has 0 aliphatic carbocycles. The number of amides is 1. The number of hydrogen-bond donors (Lipinski definition) is 2. The van der Waals surface area contributed by atoms with Gasteiger partial charge in [0.2, 0.25) is 11.7 Å². The van der Waals surface area contributed by atoms with Crippen LogP contribution in [0.5, 0.6) is 0 Å². The van der Waals surface area contributed by atoms with E-state index in [9.17, 15) is 22.8 Å². The molecule has 2 aromatic rings. The summed E-state index contributed by atoms with van der Waals surface area (Å²) >= 11 is 1.26. The molecule has 0 aliphatic rings. The average molecular weight is 437 g/mol. The topological polar surface area (TPSA) is 82.0 Å². The Kier molecular flexibility index (Phi) is 8.15. The Bertz CT molecular complexity index is 888. The minimum atomic E-state index is -4.66. The van der Waals surface area contributed by atoms with Gasteiger partial charge in [0.05, 0.1) is 17.0 Å². The van der Waals surface area contributed by atoms with E-state index in [1.807, 2.05) is 0 Å². The third-order valence-corrected chi connectivity index (χ3v) is 5.18. The lowest BCUT2D eigenvalue weighted by atomic mass is 9.98. The Morgan fingerprint density at radius 3 is 2.33 bits per heavy atom. The fraction of sp³-hybridized carbons (Fsp3) is 0.381. The van der Waals surface area contributed by atoms with E-state index in [4.69, 9.17) is 5.26 Å². The zero-order valence-corrected chi connectivity index (χ0v) is 17.3. The Balaban J connectivity index is 2.26. The standard InChI is InChI=1S/C21H22F3N3O2S/c1-13(2)12-16(20(29)26-10-9-25)27-19(21(22,23)24)15-7-5-14(6-8-15)18(28)17-4-3-11-30-17/h3-8,11,13,16,19,27H,10,12H2,1-2H3,(H,26,29)/t16-,19-/m0/s1. The Hall–Kier alpha value is -2.70. The normalized spacial score (nSPS) is 13.5. The van der Waals surface area contributed by atoms with Crippen molar-refractivity contribution in [3.05, 3.63) is 57.8 Å². The highest BCUT2D eigenvalue weighted by Gasteiger charge is 2.43. The molecule has 1 aromatic heterocycles. The van der Waals surface area contributed by atoms with Gasteiger partial charge in [-0.1, -0.05) is 44.2 Å². The maximum atomic E-state index is 13.8. The summed E-state index contributed by atoms with van der Waals surface area (Å²) in [6, 6.07) is 7.07. The number of hydrogen-bond acceptors (Lipinski definition) is 5. The molecule has 160 valence electrons. The lowest BCUT2D eigenvalue weighted by molar-refractivity contribution is -0.161. The largest absolute Gasteiger partial charge is 0.407 e. The molecule has 9 heteroatoms. The Morgan fingerprint density at radius 1 is 1.17 bits per heavy atom. The number of alkyl halides is 3. The summed E-state index contributed by atoms with van der Waals surface area (Å²) in [4.78, 5) is 25.1. The van der Waals surface area contributed by atoms with Gasteiger partial charge in [-0.25, -0.2) is 0 Å². The molecule has 0 radical (unpaired) electrons. The van der Waals surface area contributed by atoms with Gasteiger partial charge in [-0.15, -0.1) is 11.3 Å². The van der Waals surface area contributed by atoms with Crippen molar-refractivity contribution in [2.24, 2.45) is 5.92 Å². The molecule has 0 fully saturated rings. The number of benzene rings is 1. The number of ketones is 1. The van der Waals surface area contributed by atoms with Gasteiger partial charge in [-0.2, -0.15) is 18.4 Å². The fourth-order valence-corrected chi connectivity index (χ4v) is 3.62. The van der Waals surface area contributed by atoms with Crippen LogP contribution in [0.1, 0.15) is 47.1 Å². The lowest BCUT2D eigenvalue weighted by Crippen LogP contribution is -2.49. The summed E-state index contributed by atoms with van der Waals surface area (Å²) in [6.45, 7) is 3.30. The van der Waals surface area contributed by atoms with Crippen LogP contribution in [0.3, 0.4) is 0 Å². The van der Waals surface area contributed by atoms with Crippen molar-refractivity contribution >= 4 is 23.0 Å². The van der Waals surface area contributed by atoms with Gasteiger partial charge in [-0.3, -0.25) is 14.9 Å². The highest BCUT2D eigenvalue weighted by atomic mass is 32.1. The fourth-order valence-electron chi connectivity index (χ4n) is 2.93. The molecule has 2 rings (SSSR count). The van der Waals surface area contributed by atoms with E-state index < -0.39 is 24.2 Å². The van der Waals surface area contributed by atoms with Crippen LogP contribution in [0.15, 0.2) is 41.8 Å². The second-order valence-corrected chi connectivity index (χ2v) is 8.08. The molecule has 5 nitrogen and oxygen atoms in total. The molecule has 0 aliphatic heterocycles. The summed E-state index contributed by atoms with van der Waals surface area (Å²) in [5.74, 6) is -0.972. The van der Waals surface area contributed by atoms with Crippen LogP contribution in [0.2, 0.25) is 0 Å². The Labute approximate surface area is 176 Å². The van der Waals surface area contributed by atoms with E-state index in [0.717, 1.165) is 0 Å². The zero-order valence-electron chi connectivity index (χ0n) is 16.5. The molecule has 1 heterocycles. The number of halogens is 3. The van der Waals surface area contributed by atoms with Gasteiger partial charge in [0.1, 0.15) is 12.6 Å². The number of carbonyl (C=O) groups excluding carboxylic acids is 2. The Morgan fingerprint density at radius 2 is 1.83 bits per heavy atom. The smallest absolute Gasteiger partial charge is 0.342 e. The number of nitrogens with one attached hydrogen (secondary N) is 2. The molecule has 0 spiro atoms. The maximum Gasteiger partial charge on any atom is 0.407 e. The number of thiophene rings is 1. The van der Waals surface area contributed by atoms with Crippen LogP contribution in [0.25, 0.3) is 0 Å². The second kappa shape index (κ2) is 10.4. The van der Waals surface area contributed by atoms with Crippen molar-refractivity contribution in [2.75, 3.05) is 6.54 Å². The number of carbonyl (C=O) groups is 2. The zero-order chi connectivity index (χ0) is 22.3. The molecule has 0 saturated heterocycles. The summed E-state index contributed by atoms with van der Waals surface area (Å²) < 4.78 is 41.4. The molecule has 2 atom stereocenters. The first-order chi connectivity index (χ1) is 14.1. The number of rotatable bonds is 9. The van der Waals surface area contributed by atoms with Crippen molar-refractivity contribution in [1.29, 1.82) is 5.26 Å². The van der Waals surface area contributed by atoms with E-state index in [1.54, 1.807) is 37.4 Å². The summed E-state index contributed by atoms with van der Waals surface area (Å²) in [7, 11) is 0. The molecule has 0 unspecified atom stereocenters. The van der Waals surface area contributed by atoms with E-state index in [1.165, 1.54) is 35.6 Å². The van der Waals surface area contributed by atoms with Crippen molar-refractivity contribution in [3.63, 3.8) is 0 Å². The predicted molar refractivity (Wildman–Crippen MR) is 108 cm³/mol. The van der Waals surface area contributed by atoms with Gasteiger partial charge < -0.3 is 5.32 Å². The van der Waals surface area contributed by atoms with Crippen LogP contribution in [-0.4, -0.2) is 30.5 Å². The third kappa shape index (κ3) is 6.40. The van der Waals surface area contributed by atoms with Crippen molar-refractivity contribution < 1.29 is 22.8 Å². The van der Waals surface area contributed by atoms with Crippen LogP contribution in [0.4, 0.5) is 13.2 Å². The first kappa shape index (κ1) is 23.6. The lowest BCUT2D eigenvalue weighted by Gasteiger charge is -2.28. The molecule has 1 amide bonds. The predicted octanol–water partition coefficient (Wildman–Crippen LogP) is 4.23. The minimum Gasteiger partial charge on any atom is -0.342 e. The molecule has 0 bridgehead atoms. The average Bonchev–Trinajstić information content (AvgIpc) is 3.22. The van der Waals surface area contributed by atoms with Gasteiger partial charge in [0.15, 0.2) is 0 Å². The van der Waals surface area contributed by atoms with E-state index in [-0.39, 0.29) is 35.8 Å². The van der Waals surface area contributed by atoms with E-state index >= 15 is 0 Å². The van der Waals surface area contributed by atoms with Gasteiger partial charge in [0, 0.05) is 5.56 Å². The number of nitrogens with zero attached hydrogens (tertiary/aromatic N) is 1. The third-order valence-electron chi connectivity index (χ3n) is 4.31. The first-order valence-electron chi connectivity index (χ1n) is 9.29. The monoisotopic (exact) mass is 437 g/mol. The van der Waals surface area contributed by atoms with Crippen molar-refractivity contribution in [3.8, 4) is 6.07 Å². The van der Waals surface area contributed by atoms with Crippen LogP contribution < -0.4 is 10.6 Å². The molecular formula is C21H22F3N3O2S.